The van der Waals surface area contributed by atoms with Crippen LogP contribution in [0.3, 0.4) is 0 Å². The Hall–Kier alpha value is -1.92. The minimum absolute atomic E-state index is 0.0701. The highest BCUT2D eigenvalue weighted by atomic mass is 16.5. The number of carbonyl (C=O) groups is 2. The topological polar surface area (TPSA) is 70.7 Å². The van der Waals surface area contributed by atoms with Crippen LogP contribution in [0, 0.1) is 25.2 Å². The molecule has 0 aliphatic carbocycles. The van der Waals surface area contributed by atoms with E-state index in [0.29, 0.717) is 25.6 Å². The molecule has 35 heavy (non-hydrogen) atoms. The second kappa shape index (κ2) is 12.9. The number of rotatable bonds is 4. The minimum atomic E-state index is -0.502. The van der Waals surface area contributed by atoms with Gasteiger partial charge >= 0.3 is 0 Å². The Bertz CT molecular complexity index is 846. The molecule has 2 fully saturated rings. The van der Waals surface area contributed by atoms with Crippen LogP contribution in [-0.4, -0.2) is 55.1 Å². The average Bonchev–Trinajstić information content (AvgIpc) is 2.80. The molecule has 2 atom stereocenters. The molecule has 2 heterocycles. The van der Waals surface area contributed by atoms with Gasteiger partial charge in [0, 0.05) is 19.2 Å². The number of likely N-dealkylation sites (tertiary alicyclic amines) is 1. The summed E-state index contributed by atoms with van der Waals surface area (Å²) in [5, 5.41) is 6.26. The summed E-state index contributed by atoms with van der Waals surface area (Å²) in [6.45, 7) is 14.4. The summed E-state index contributed by atoms with van der Waals surface area (Å²) in [6, 6.07) is 6.08. The van der Waals surface area contributed by atoms with Crippen molar-refractivity contribution < 1.29 is 14.3 Å². The Kier molecular flexibility index (Phi) is 10.2. The second-order valence-electron chi connectivity index (χ2n) is 11.4. The maximum absolute atomic E-state index is 13.8. The predicted molar refractivity (Wildman–Crippen MR) is 141 cm³/mol. The van der Waals surface area contributed by atoms with Crippen molar-refractivity contribution in [3.63, 3.8) is 0 Å². The van der Waals surface area contributed by atoms with E-state index in [1.165, 1.54) is 16.7 Å². The molecule has 6 nitrogen and oxygen atoms in total. The van der Waals surface area contributed by atoms with Gasteiger partial charge < -0.3 is 15.4 Å². The number of piperidine rings is 1. The van der Waals surface area contributed by atoms with E-state index in [9.17, 15) is 9.59 Å². The molecular weight excluding hydrogens is 438 g/mol. The summed E-state index contributed by atoms with van der Waals surface area (Å²) in [4.78, 5) is 29.4. The van der Waals surface area contributed by atoms with E-state index in [4.69, 9.17) is 4.74 Å². The van der Waals surface area contributed by atoms with Gasteiger partial charge in [-0.25, -0.2) is 0 Å². The number of aryl methyl sites for hydroxylation is 2. The highest BCUT2D eigenvalue weighted by molar-refractivity contribution is 5.90. The molecule has 2 N–H and O–H groups in total. The van der Waals surface area contributed by atoms with Crippen LogP contribution in [-0.2, 0) is 20.9 Å². The zero-order chi connectivity index (χ0) is 25.4. The molecule has 1 spiro atoms. The molecule has 2 amide bonds. The highest BCUT2D eigenvalue weighted by Gasteiger charge is 2.42. The Morgan fingerprint density at radius 2 is 1.80 bits per heavy atom. The van der Waals surface area contributed by atoms with Crippen molar-refractivity contribution in [3.05, 3.63) is 34.9 Å². The lowest BCUT2D eigenvalue weighted by atomic mass is 9.73. The molecule has 0 bridgehead atoms. The van der Waals surface area contributed by atoms with Gasteiger partial charge in [-0.3, -0.25) is 14.5 Å². The van der Waals surface area contributed by atoms with Crippen molar-refractivity contribution in [2.75, 3.05) is 26.3 Å². The molecule has 0 saturated carbocycles. The number of nitrogens with one attached hydrogen (secondary N) is 2. The average molecular weight is 486 g/mol. The fourth-order valence-corrected chi connectivity index (χ4v) is 5.45. The van der Waals surface area contributed by atoms with Crippen molar-refractivity contribution in [1.29, 1.82) is 0 Å². The van der Waals surface area contributed by atoms with Crippen LogP contribution in [0.5, 0.6) is 0 Å². The summed E-state index contributed by atoms with van der Waals surface area (Å²) in [5.41, 5.74) is 3.59. The largest absolute Gasteiger partial charge is 0.379 e. The first kappa shape index (κ1) is 27.7. The third kappa shape index (κ3) is 8.04. The van der Waals surface area contributed by atoms with Gasteiger partial charge in [0.15, 0.2) is 0 Å². The first-order valence-corrected chi connectivity index (χ1v) is 13.7. The lowest BCUT2D eigenvalue weighted by molar-refractivity contribution is -0.139. The van der Waals surface area contributed by atoms with E-state index in [-0.39, 0.29) is 17.9 Å². The number of hydrogen-bond donors (Lipinski definition) is 2. The number of amides is 2. The number of ether oxygens (including phenoxy) is 1. The number of hydrogen-bond acceptors (Lipinski definition) is 4. The molecule has 6 heteroatoms. The van der Waals surface area contributed by atoms with Gasteiger partial charge in [-0.1, -0.05) is 50.5 Å². The van der Waals surface area contributed by atoms with Gasteiger partial charge in [0.25, 0.3) is 0 Å². The first-order valence-electron chi connectivity index (χ1n) is 13.7. The van der Waals surface area contributed by atoms with Crippen LogP contribution in [0.1, 0.15) is 82.4 Å². The minimum Gasteiger partial charge on any atom is -0.379 e. The summed E-state index contributed by atoms with van der Waals surface area (Å²) < 4.78 is 5.79. The first-order chi connectivity index (χ1) is 16.7. The van der Waals surface area contributed by atoms with E-state index in [1.807, 2.05) is 6.92 Å². The van der Waals surface area contributed by atoms with Crippen molar-refractivity contribution in [2.24, 2.45) is 11.3 Å². The molecular formula is C29H47N3O3. The van der Waals surface area contributed by atoms with Crippen molar-refractivity contribution in [2.45, 2.75) is 98.2 Å². The second-order valence-corrected chi connectivity index (χ2v) is 11.4. The van der Waals surface area contributed by atoms with Crippen LogP contribution in [0.15, 0.2) is 18.2 Å². The predicted octanol–water partition coefficient (Wildman–Crippen LogP) is 4.51. The van der Waals surface area contributed by atoms with Crippen molar-refractivity contribution in [1.82, 2.24) is 15.5 Å². The monoisotopic (exact) mass is 485 g/mol. The third-order valence-corrected chi connectivity index (χ3v) is 7.72. The van der Waals surface area contributed by atoms with E-state index >= 15 is 0 Å². The van der Waals surface area contributed by atoms with Gasteiger partial charge in [0.2, 0.25) is 11.8 Å². The van der Waals surface area contributed by atoms with Gasteiger partial charge in [-0.05, 0) is 83.0 Å². The molecule has 1 aromatic rings. The molecule has 0 aromatic heterocycles. The standard InChI is InChI=1S/C29H47N3O3/c1-21(2)17-26-27(33)30-24(5)20-35-16-8-6-7-11-29(28(34)31-26)12-14-32(15-13-29)19-25-18-22(3)9-10-23(25)4/h9-10,18,21,24,26H,6-8,11-17,19-20H2,1-5H3,(H,30,33)(H,31,34)/t24-,26+/m1/s1. The van der Waals surface area contributed by atoms with Gasteiger partial charge in [0.05, 0.1) is 12.0 Å². The van der Waals surface area contributed by atoms with Gasteiger partial charge in [-0.15, -0.1) is 0 Å². The molecule has 1 aromatic carbocycles. The van der Waals surface area contributed by atoms with E-state index < -0.39 is 11.5 Å². The summed E-state index contributed by atoms with van der Waals surface area (Å²) >= 11 is 0. The lowest BCUT2D eigenvalue weighted by Gasteiger charge is -2.42. The molecule has 196 valence electrons. The van der Waals surface area contributed by atoms with Crippen LogP contribution >= 0.6 is 0 Å². The maximum Gasteiger partial charge on any atom is 0.242 e. The van der Waals surface area contributed by atoms with E-state index in [0.717, 1.165) is 58.2 Å². The Morgan fingerprint density at radius 1 is 1.06 bits per heavy atom. The van der Waals surface area contributed by atoms with Gasteiger partial charge in [-0.2, -0.15) is 0 Å². The van der Waals surface area contributed by atoms with E-state index in [2.05, 4.69) is 61.4 Å². The molecule has 2 saturated heterocycles. The van der Waals surface area contributed by atoms with Gasteiger partial charge in [0.1, 0.15) is 6.04 Å². The van der Waals surface area contributed by atoms with Crippen molar-refractivity contribution in [3.8, 4) is 0 Å². The fraction of sp³-hybridized carbons (Fsp3) is 0.724. The number of carbonyl (C=O) groups excluding carboxylic acids is 2. The Morgan fingerprint density at radius 3 is 2.51 bits per heavy atom. The SMILES string of the molecule is Cc1ccc(C)c(CN2CCC3(CCCCCOC[C@@H](C)NC(=O)[C@H](CC(C)C)NC3=O)CC2)c1. The van der Waals surface area contributed by atoms with Crippen LogP contribution < -0.4 is 10.6 Å². The third-order valence-electron chi connectivity index (χ3n) is 7.72. The van der Waals surface area contributed by atoms with Crippen LogP contribution in [0.25, 0.3) is 0 Å². The molecule has 2 aliphatic rings. The van der Waals surface area contributed by atoms with Crippen LogP contribution in [0.2, 0.25) is 0 Å². The van der Waals surface area contributed by atoms with Crippen LogP contribution in [0.4, 0.5) is 0 Å². The fourth-order valence-electron chi connectivity index (χ4n) is 5.45. The summed E-state index contributed by atoms with van der Waals surface area (Å²) in [5.74, 6) is 0.292. The molecule has 2 aliphatic heterocycles. The number of nitrogens with zero attached hydrogens (tertiary/aromatic N) is 1. The Labute approximate surface area is 212 Å². The zero-order valence-electron chi connectivity index (χ0n) is 22.6. The molecule has 0 unspecified atom stereocenters. The quantitative estimate of drug-likeness (QED) is 0.658. The summed E-state index contributed by atoms with van der Waals surface area (Å²) in [7, 11) is 0. The maximum atomic E-state index is 13.8. The Balaban J connectivity index is 1.73. The molecule has 0 radical (unpaired) electrons. The zero-order valence-corrected chi connectivity index (χ0v) is 22.6. The van der Waals surface area contributed by atoms with E-state index in [1.54, 1.807) is 0 Å². The normalized spacial score (nSPS) is 25.2. The summed E-state index contributed by atoms with van der Waals surface area (Å²) in [6.07, 6.45) is 6.27. The smallest absolute Gasteiger partial charge is 0.242 e. The van der Waals surface area contributed by atoms with Crippen molar-refractivity contribution >= 4 is 11.8 Å². The molecule has 3 rings (SSSR count). The highest BCUT2D eigenvalue weighted by Crippen LogP contribution is 2.38. The number of benzene rings is 1. The lowest BCUT2D eigenvalue weighted by Crippen LogP contribution is -2.56.